The summed E-state index contributed by atoms with van der Waals surface area (Å²) >= 11 is 0. The molecule has 4 nitrogen and oxygen atoms in total. The Bertz CT molecular complexity index is 645. The number of Topliss-reactive ketones (excluding diaryl/α,β-unsaturated/α-hetero) is 2. The Kier molecular flexibility index (Phi) is 4.11. The number of rotatable bonds is 4. The number of hydrogen-bond donors (Lipinski definition) is 0. The normalized spacial score (nSPS) is 22.7. The van der Waals surface area contributed by atoms with Crippen molar-refractivity contribution < 1.29 is 19.1 Å². The maximum absolute atomic E-state index is 12.7. The fourth-order valence-electron chi connectivity index (χ4n) is 2.68. The van der Waals surface area contributed by atoms with Gasteiger partial charge in [-0.25, -0.2) is 0 Å². The molecule has 1 aliphatic rings. The molecule has 0 N–H and O–H groups in total. The standard InChI is InChI=1S/C19H18O4/c1-19(2)22-17(15(20)13-9-5-3-6-10-13)18(23-19)16(21)14-11-7-4-8-12-14/h3-12,17-18H,1-2H3/t17-,18-/m1/s1. The molecule has 0 spiro atoms. The van der Waals surface area contributed by atoms with Crippen molar-refractivity contribution in [1.29, 1.82) is 0 Å². The number of carbonyl (C=O) groups is 2. The van der Waals surface area contributed by atoms with Crippen molar-refractivity contribution in [3.05, 3.63) is 71.8 Å². The lowest BCUT2D eigenvalue weighted by Crippen LogP contribution is -2.37. The van der Waals surface area contributed by atoms with E-state index in [1.165, 1.54) is 0 Å². The lowest BCUT2D eigenvalue weighted by atomic mass is 9.96. The van der Waals surface area contributed by atoms with Crippen LogP contribution in [0.2, 0.25) is 0 Å². The topological polar surface area (TPSA) is 52.6 Å². The molecule has 0 radical (unpaired) electrons. The van der Waals surface area contributed by atoms with Crippen LogP contribution in [0.1, 0.15) is 34.6 Å². The summed E-state index contributed by atoms with van der Waals surface area (Å²) in [6, 6.07) is 17.6. The molecule has 1 fully saturated rings. The molecule has 2 atom stereocenters. The molecule has 1 heterocycles. The Morgan fingerprint density at radius 2 is 1.09 bits per heavy atom. The molecule has 0 unspecified atom stereocenters. The molecule has 2 aromatic rings. The van der Waals surface area contributed by atoms with Crippen LogP contribution in [-0.2, 0) is 9.47 Å². The second-order valence-electron chi connectivity index (χ2n) is 5.94. The van der Waals surface area contributed by atoms with Gasteiger partial charge in [-0.3, -0.25) is 9.59 Å². The van der Waals surface area contributed by atoms with Crippen LogP contribution in [0.15, 0.2) is 60.7 Å². The molecule has 2 aromatic carbocycles. The van der Waals surface area contributed by atoms with Crippen molar-refractivity contribution in [2.45, 2.75) is 31.8 Å². The van der Waals surface area contributed by atoms with Gasteiger partial charge < -0.3 is 9.47 Å². The summed E-state index contributed by atoms with van der Waals surface area (Å²) in [5, 5.41) is 0. The van der Waals surface area contributed by atoms with Crippen LogP contribution in [0.3, 0.4) is 0 Å². The van der Waals surface area contributed by atoms with Crippen LogP contribution in [-0.4, -0.2) is 29.6 Å². The van der Waals surface area contributed by atoms with Gasteiger partial charge in [0.15, 0.2) is 29.6 Å². The van der Waals surface area contributed by atoms with Crippen LogP contribution in [0.4, 0.5) is 0 Å². The van der Waals surface area contributed by atoms with E-state index in [-0.39, 0.29) is 11.6 Å². The first-order valence-corrected chi connectivity index (χ1v) is 7.52. The van der Waals surface area contributed by atoms with Crippen molar-refractivity contribution >= 4 is 11.6 Å². The van der Waals surface area contributed by atoms with Crippen LogP contribution in [0.25, 0.3) is 0 Å². The van der Waals surface area contributed by atoms with E-state index in [0.29, 0.717) is 11.1 Å². The molecule has 118 valence electrons. The van der Waals surface area contributed by atoms with Crippen LogP contribution >= 0.6 is 0 Å². The highest BCUT2D eigenvalue weighted by Gasteiger charge is 2.48. The van der Waals surface area contributed by atoms with Crippen LogP contribution in [0, 0.1) is 0 Å². The first-order valence-electron chi connectivity index (χ1n) is 7.52. The summed E-state index contributed by atoms with van der Waals surface area (Å²) in [4.78, 5) is 25.4. The fraction of sp³-hybridized carbons (Fsp3) is 0.263. The Morgan fingerprint density at radius 3 is 1.43 bits per heavy atom. The summed E-state index contributed by atoms with van der Waals surface area (Å²) in [6.45, 7) is 3.41. The van der Waals surface area contributed by atoms with Gasteiger partial charge >= 0.3 is 0 Å². The highest BCUT2D eigenvalue weighted by Crippen LogP contribution is 2.32. The molecule has 0 bridgehead atoms. The van der Waals surface area contributed by atoms with Gasteiger partial charge in [0.25, 0.3) is 0 Å². The molecule has 23 heavy (non-hydrogen) atoms. The van der Waals surface area contributed by atoms with E-state index in [1.807, 2.05) is 12.1 Å². The lowest BCUT2D eigenvalue weighted by molar-refractivity contribution is -0.139. The first-order chi connectivity index (χ1) is 11.0. The van der Waals surface area contributed by atoms with Gasteiger partial charge in [0, 0.05) is 11.1 Å². The van der Waals surface area contributed by atoms with Gasteiger partial charge in [0.05, 0.1) is 0 Å². The van der Waals surface area contributed by atoms with E-state index in [1.54, 1.807) is 62.4 Å². The minimum atomic E-state index is -0.982. The molecular weight excluding hydrogens is 292 g/mol. The summed E-state index contributed by atoms with van der Waals surface area (Å²) in [5.74, 6) is -1.47. The second kappa shape index (κ2) is 6.07. The lowest BCUT2D eigenvalue weighted by Gasteiger charge is -2.16. The monoisotopic (exact) mass is 310 g/mol. The minimum Gasteiger partial charge on any atom is -0.336 e. The Labute approximate surface area is 135 Å². The smallest absolute Gasteiger partial charge is 0.194 e. The zero-order valence-electron chi connectivity index (χ0n) is 13.1. The van der Waals surface area contributed by atoms with Crippen LogP contribution in [0.5, 0.6) is 0 Å². The Hall–Kier alpha value is -2.30. The molecule has 1 aliphatic heterocycles. The zero-order valence-corrected chi connectivity index (χ0v) is 13.1. The van der Waals surface area contributed by atoms with Gasteiger partial charge in [-0.05, 0) is 13.8 Å². The average molecular weight is 310 g/mol. The third-order valence-corrected chi connectivity index (χ3v) is 3.73. The van der Waals surface area contributed by atoms with Gasteiger partial charge in [-0.15, -0.1) is 0 Å². The van der Waals surface area contributed by atoms with Gasteiger partial charge in [-0.1, -0.05) is 60.7 Å². The summed E-state index contributed by atoms with van der Waals surface area (Å²) in [5.41, 5.74) is 1.01. The third-order valence-electron chi connectivity index (χ3n) is 3.73. The molecular formula is C19H18O4. The van der Waals surface area contributed by atoms with E-state index in [4.69, 9.17) is 9.47 Å². The van der Waals surface area contributed by atoms with E-state index >= 15 is 0 Å². The van der Waals surface area contributed by atoms with Gasteiger partial charge in [0.2, 0.25) is 0 Å². The number of hydrogen-bond acceptors (Lipinski definition) is 4. The molecule has 3 rings (SSSR count). The third kappa shape index (κ3) is 3.23. The maximum atomic E-state index is 12.7. The highest BCUT2D eigenvalue weighted by atomic mass is 16.8. The Balaban J connectivity index is 1.91. The summed E-state index contributed by atoms with van der Waals surface area (Å²) in [7, 11) is 0. The Morgan fingerprint density at radius 1 is 0.739 bits per heavy atom. The fourth-order valence-corrected chi connectivity index (χ4v) is 2.68. The number of ether oxygens (including phenoxy) is 2. The van der Waals surface area contributed by atoms with Crippen LogP contribution < -0.4 is 0 Å². The van der Waals surface area contributed by atoms with Crippen molar-refractivity contribution in [1.82, 2.24) is 0 Å². The number of carbonyl (C=O) groups excluding carboxylic acids is 2. The first kappa shape index (κ1) is 15.6. The minimum absolute atomic E-state index is 0.245. The van der Waals surface area contributed by atoms with Crippen molar-refractivity contribution in [2.24, 2.45) is 0 Å². The molecule has 0 saturated carbocycles. The van der Waals surface area contributed by atoms with E-state index in [9.17, 15) is 9.59 Å². The largest absolute Gasteiger partial charge is 0.336 e. The highest BCUT2D eigenvalue weighted by molar-refractivity contribution is 6.07. The molecule has 4 heteroatoms. The molecule has 0 amide bonds. The number of ketones is 2. The van der Waals surface area contributed by atoms with Gasteiger partial charge in [-0.2, -0.15) is 0 Å². The quantitative estimate of drug-likeness (QED) is 0.813. The van der Waals surface area contributed by atoms with Gasteiger partial charge in [0.1, 0.15) is 0 Å². The van der Waals surface area contributed by atoms with Crippen molar-refractivity contribution in [2.75, 3.05) is 0 Å². The molecule has 0 aromatic heterocycles. The van der Waals surface area contributed by atoms with E-state index in [2.05, 4.69) is 0 Å². The van der Waals surface area contributed by atoms with Crippen molar-refractivity contribution in [3.63, 3.8) is 0 Å². The zero-order chi connectivity index (χ0) is 16.4. The maximum Gasteiger partial charge on any atom is 0.194 e. The summed E-state index contributed by atoms with van der Waals surface area (Å²) in [6.07, 6.45) is -1.89. The molecule has 1 saturated heterocycles. The summed E-state index contributed by atoms with van der Waals surface area (Å²) < 4.78 is 11.5. The molecule has 0 aliphatic carbocycles. The average Bonchev–Trinajstić information content (AvgIpc) is 2.91. The second-order valence-corrected chi connectivity index (χ2v) is 5.94. The van der Waals surface area contributed by atoms with Crippen molar-refractivity contribution in [3.8, 4) is 0 Å². The SMILES string of the molecule is CC1(C)O[C@H](C(=O)c2ccccc2)[C@@H](C(=O)c2ccccc2)O1. The van der Waals surface area contributed by atoms with E-state index < -0.39 is 18.0 Å². The number of benzene rings is 2. The predicted octanol–water partition coefficient (Wildman–Crippen LogP) is 3.27. The van der Waals surface area contributed by atoms with E-state index in [0.717, 1.165) is 0 Å². The predicted molar refractivity (Wildman–Crippen MR) is 85.4 cm³/mol.